The Bertz CT molecular complexity index is 643. The summed E-state index contributed by atoms with van der Waals surface area (Å²) in [6.45, 7) is 1.71. The molecule has 0 aliphatic carbocycles. The number of halogens is 2. The summed E-state index contributed by atoms with van der Waals surface area (Å²) in [5.74, 6) is -0.00128. The first-order valence-electron chi connectivity index (χ1n) is 5.51. The van der Waals surface area contributed by atoms with E-state index in [9.17, 15) is 8.78 Å². The zero-order chi connectivity index (χ0) is 14.0. The molecular formula is C14H11F2NOS. The molecular weight excluding hydrogens is 268 g/mol. The summed E-state index contributed by atoms with van der Waals surface area (Å²) in [7, 11) is 0. The van der Waals surface area contributed by atoms with Crippen LogP contribution >= 0.6 is 12.2 Å². The fourth-order valence-electron chi connectivity index (χ4n) is 1.63. The number of aryl methyl sites for hydroxylation is 1. The number of hydrogen-bond acceptors (Lipinski definition) is 2. The van der Waals surface area contributed by atoms with Gasteiger partial charge in [-0.05, 0) is 48.9 Å². The van der Waals surface area contributed by atoms with Crippen molar-refractivity contribution in [1.82, 2.24) is 0 Å². The lowest BCUT2D eigenvalue weighted by molar-refractivity contribution is 0.473. The Morgan fingerprint density at radius 1 is 1.05 bits per heavy atom. The molecule has 0 saturated heterocycles. The van der Waals surface area contributed by atoms with Crippen molar-refractivity contribution in [3.8, 4) is 11.5 Å². The van der Waals surface area contributed by atoms with Crippen LogP contribution in [-0.4, -0.2) is 4.99 Å². The van der Waals surface area contributed by atoms with Gasteiger partial charge in [-0.3, -0.25) is 0 Å². The van der Waals surface area contributed by atoms with Crippen molar-refractivity contribution in [2.75, 3.05) is 0 Å². The Balaban J connectivity index is 2.40. The number of ether oxygens (including phenoxy) is 1. The molecule has 0 bridgehead atoms. The van der Waals surface area contributed by atoms with Gasteiger partial charge in [0.15, 0.2) is 0 Å². The highest BCUT2D eigenvalue weighted by molar-refractivity contribution is 7.80. The predicted octanol–water partition coefficient (Wildman–Crippen LogP) is 3.70. The third-order valence-electron chi connectivity index (χ3n) is 2.56. The van der Waals surface area contributed by atoms with E-state index in [4.69, 9.17) is 22.7 Å². The molecule has 0 atom stereocenters. The van der Waals surface area contributed by atoms with Crippen LogP contribution in [0.3, 0.4) is 0 Å². The van der Waals surface area contributed by atoms with Gasteiger partial charge in [0, 0.05) is 0 Å². The summed E-state index contributed by atoms with van der Waals surface area (Å²) < 4.78 is 31.8. The Hall–Kier alpha value is -2.01. The molecule has 98 valence electrons. The number of rotatable bonds is 3. The van der Waals surface area contributed by atoms with Gasteiger partial charge in [0.2, 0.25) is 0 Å². The third kappa shape index (κ3) is 3.06. The van der Waals surface area contributed by atoms with Crippen LogP contribution in [0.2, 0.25) is 0 Å². The van der Waals surface area contributed by atoms with Gasteiger partial charge in [-0.1, -0.05) is 12.2 Å². The molecule has 0 amide bonds. The zero-order valence-corrected chi connectivity index (χ0v) is 10.9. The molecule has 0 aliphatic heterocycles. The van der Waals surface area contributed by atoms with Crippen LogP contribution in [0.1, 0.15) is 11.1 Å². The topological polar surface area (TPSA) is 35.2 Å². The second-order valence-corrected chi connectivity index (χ2v) is 4.46. The molecule has 2 rings (SSSR count). The molecule has 0 aromatic heterocycles. The Morgan fingerprint density at radius 2 is 1.63 bits per heavy atom. The zero-order valence-electron chi connectivity index (χ0n) is 10.1. The maximum Gasteiger partial charge on any atom is 0.137 e. The normalized spacial score (nSPS) is 10.3. The second kappa shape index (κ2) is 5.32. The highest BCUT2D eigenvalue weighted by Crippen LogP contribution is 2.28. The summed E-state index contributed by atoms with van der Waals surface area (Å²) in [5.41, 5.74) is 6.45. The Kier molecular flexibility index (Phi) is 3.76. The molecule has 0 unspecified atom stereocenters. The van der Waals surface area contributed by atoms with Crippen molar-refractivity contribution >= 4 is 17.2 Å². The fourth-order valence-corrected chi connectivity index (χ4v) is 1.79. The van der Waals surface area contributed by atoms with Crippen LogP contribution in [0.15, 0.2) is 36.4 Å². The molecule has 2 nitrogen and oxygen atoms in total. The fraction of sp³-hybridized carbons (Fsp3) is 0.0714. The van der Waals surface area contributed by atoms with Gasteiger partial charge in [0.1, 0.15) is 28.1 Å². The van der Waals surface area contributed by atoms with E-state index in [1.807, 2.05) is 0 Å². The highest BCUT2D eigenvalue weighted by atomic mass is 32.1. The van der Waals surface area contributed by atoms with E-state index in [-0.39, 0.29) is 10.8 Å². The maximum atomic E-state index is 13.2. The van der Waals surface area contributed by atoms with Crippen LogP contribution in [0.5, 0.6) is 11.5 Å². The molecule has 19 heavy (non-hydrogen) atoms. The maximum absolute atomic E-state index is 13.2. The van der Waals surface area contributed by atoms with Crippen molar-refractivity contribution in [2.24, 2.45) is 5.73 Å². The molecule has 5 heteroatoms. The summed E-state index contributed by atoms with van der Waals surface area (Å²) in [6, 6.07) is 8.02. The SMILES string of the molecule is Cc1cc(F)ccc1Oc1ccc(F)cc1C(N)=S. The molecule has 2 aromatic carbocycles. The van der Waals surface area contributed by atoms with E-state index in [1.165, 1.54) is 36.4 Å². The molecule has 0 heterocycles. The van der Waals surface area contributed by atoms with Gasteiger partial charge >= 0.3 is 0 Å². The van der Waals surface area contributed by atoms with Crippen LogP contribution in [-0.2, 0) is 0 Å². The van der Waals surface area contributed by atoms with Crippen molar-refractivity contribution in [1.29, 1.82) is 0 Å². The van der Waals surface area contributed by atoms with Gasteiger partial charge in [-0.2, -0.15) is 0 Å². The Morgan fingerprint density at radius 3 is 2.21 bits per heavy atom. The smallest absolute Gasteiger partial charge is 0.137 e. The summed E-state index contributed by atoms with van der Waals surface area (Å²) in [5, 5.41) is 0. The molecule has 0 aliphatic rings. The quantitative estimate of drug-likeness (QED) is 0.870. The van der Waals surface area contributed by atoms with E-state index in [0.29, 0.717) is 22.6 Å². The van der Waals surface area contributed by atoms with Gasteiger partial charge in [0.05, 0.1) is 5.56 Å². The summed E-state index contributed by atoms with van der Waals surface area (Å²) in [4.78, 5) is 0.0364. The van der Waals surface area contributed by atoms with Crippen molar-refractivity contribution in [3.63, 3.8) is 0 Å². The van der Waals surface area contributed by atoms with Crippen LogP contribution < -0.4 is 10.5 Å². The number of hydrogen-bond donors (Lipinski definition) is 1. The Labute approximate surface area is 114 Å². The predicted molar refractivity (Wildman–Crippen MR) is 73.5 cm³/mol. The van der Waals surface area contributed by atoms with Gasteiger partial charge in [-0.15, -0.1) is 0 Å². The molecule has 0 spiro atoms. The average Bonchev–Trinajstić information content (AvgIpc) is 2.34. The first-order chi connectivity index (χ1) is 8.97. The van der Waals surface area contributed by atoms with Crippen LogP contribution in [0, 0.1) is 18.6 Å². The molecule has 0 saturated carbocycles. The molecule has 0 fully saturated rings. The number of benzene rings is 2. The molecule has 2 N–H and O–H groups in total. The van der Waals surface area contributed by atoms with Crippen LogP contribution in [0.4, 0.5) is 8.78 Å². The van der Waals surface area contributed by atoms with Gasteiger partial charge in [0.25, 0.3) is 0 Å². The largest absolute Gasteiger partial charge is 0.456 e. The lowest BCUT2D eigenvalue weighted by Crippen LogP contribution is -2.11. The van der Waals surface area contributed by atoms with E-state index in [2.05, 4.69) is 0 Å². The lowest BCUT2D eigenvalue weighted by Gasteiger charge is -2.12. The van der Waals surface area contributed by atoms with Crippen molar-refractivity contribution in [2.45, 2.75) is 6.92 Å². The molecule has 2 aromatic rings. The highest BCUT2D eigenvalue weighted by Gasteiger charge is 2.10. The minimum atomic E-state index is -0.453. The average molecular weight is 279 g/mol. The van der Waals surface area contributed by atoms with Gasteiger partial charge < -0.3 is 10.5 Å². The van der Waals surface area contributed by atoms with E-state index in [1.54, 1.807) is 6.92 Å². The summed E-state index contributed by atoms with van der Waals surface area (Å²) >= 11 is 4.85. The van der Waals surface area contributed by atoms with Crippen LogP contribution in [0.25, 0.3) is 0 Å². The van der Waals surface area contributed by atoms with Crippen molar-refractivity contribution in [3.05, 3.63) is 59.2 Å². The minimum Gasteiger partial charge on any atom is -0.456 e. The first kappa shape index (κ1) is 13.4. The van der Waals surface area contributed by atoms with E-state index >= 15 is 0 Å². The third-order valence-corrected chi connectivity index (χ3v) is 2.78. The van der Waals surface area contributed by atoms with Gasteiger partial charge in [-0.25, -0.2) is 8.78 Å². The van der Waals surface area contributed by atoms with E-state index in [0.717, 1.165) is 0 Å². The van der Waals surface area contributed by atoms with E-state index < -0.39 is 5.82 Å². The molecule has 0 radical (unpaired) electrons. The first-order valence-corrected chi connectivity index (χ1v) is 5.91. The second-order valence-electron chi connectivity index (χ2n) is 4.02. The monoisotopic (exact) mass is 279 g/mol. The number of nitrogens with two attached hydrogens (primary N) is 1. The minimum absolute atomic E-state index is 0.0364. The lowest BCUT2D eigenvalue weighted by atomic mass is 10.2. The number of thiocarbonyl (C=S) groups is 1. The summed E-state index contributed by atoms with van der Waals surface area (Å²) in [6.07, 6.45) is 0. The standard InChI is InChI=1S/C14H11F2NOS/c1-8-6-9(15)2-4-12(8)18-13-5-3-10(16)7-11(13)14(17)19/h2-7H,1H3,(H2,17,19). The van der Waals surface area contributed by atoms with Crippen molar-refractivity contribution < 1.29 is 13.5 Å².